The largest absolute Gasteiger partial charge is 0.355 e. The van der Waals surface area contributed by atoms with Gasteiger partial charge in [0.15, 0.2) is 5.96 Å². The molecule has 1 unspecified atom stereocenters. The average molecular weight is 489 g/mol. The van der Waals surface area contributed by atoms with Crippen molar-refractivity contribution in [3.63, 3.8) is 0 Å². The zero-order chi connectivity index (χ0) is 17.5. The molecule has 146 valence electrons. The van der Waals surface area contributed by atoms with Gasteiger partial charge in [0.2, 0.25) is 0 Å². The molecule has 1 aromatic carbocycles. The van der Waals surface area contributed by atoms with Crippen LogP contribution < -0.4 is 5.32 Å². The Morgan fingerprint density at radius 3 is 2.62 bits per heavy atom. The Bertz CT molecular complexity index is 602. The van der Waals surface area contributed by atoms with Crippen LogP contribution in [0.1, 0.15) is 44.1 Å². The molecule has 0 bridgehead atoms. The van der Waals surface area contributed by atoms with Crippen LogP contribution in [-0.4, -0.2) is 47.5 Å². The highest BCUT2D eigenvalue weighted by Gasteiger charge is 2.39. The van der Waals surface area contributed by atoms with E-state index in [9.17, 15) is 4.21 Å². The van der Waals surface area contributed by atoms with Crippen molar-refractivity contribution in [2.45, 2.75) is 44.3 Å². The third-order valence-electron chi connectivity index (χ3n) is 5.65. The first-order valence-electron chi connectivity index (χ1n) is 9.55. The van der Waals surface area contributed by atoms with E-state index in [1.807, 2.05) is 37.4 Å². The van der Waals surface area contributed by atoms with Crippen molar-refractivity contribution in [2.24, 2.45) is 10.4 Å². The molecule has 1 spiro atoms. The Balaban J connectivity index is 0.00000243. The molecule has 26 heavy (non-hydrogen) atoms. The fourth-order valence-electron chi connectivity index (χ4n) is 4.27. The third kappa shape index (κ3) is 5.94. The first-order chi connectivity index (χ1) is 12.2. The topological polar surface area (TPSA) is 44.7 Å². The van der Waals surface area contributed by atoms with Crippen molar-refractivity contribution in [3.8, 4) is 0 Å². The molecule has 1 saturated heterocycles. The fourth-order valence-corrected chi connectivity index (χ4v) is 5.31. The lowest BCUT2D eigenvalue weighted by atomic mass is 9.73. The molecule has 0 aromatic heterocycles. The summed E-state index contributed by atoms with van der Waals surface area (Å²) in [5, 5.41) is 3.43. The summed E-state index contributed by atoms with van der Waals surface area (Å²) in [6.07, 6.45) is 8.23. The summed E-state index contributed by atoms with van der Waals surface area (Å²) in [5.41, 5.74) is 1.68. The maximum Gasteiger partial charge on any atom is 0.193 e. The van der Waals surface area contributed by atoms with E-state index in [1.165, 1.54) is 38.5 Å². The van der Waals surface area contributed by atoms with Crippen LogP contribution in [0, 0.1) is 5.41 Å². The van der Waals surface area contributed by atoms with E-state index in [0.29, 0.717) is 16.9 Å². The van der Waals surface area contributed by atoms with Crippen molar-refractivity contribution in [1.82, 2.24) is 10.2 Å². The molecule has 2 fully saturated rings. The van der Waals surface area contributed by atoms with Gasteiger partial charge in [-0.15, -0.1) is 24.0 Å². The van der Waals surface area contributed by atoms with E-state index in [2.05, 4.69) is 15.2 Å². The van der Waals surface area contributed by atoms with E-state index >= 15 is 0 Å². The van der Waals surface area contributed by atoms with Crippen LogP contribution in [0.15, 0.2) is 35.3 Å². The van der Waals surface area contributed by atoms with Gasteiger partial charge >= 0.3 is 0 Å². The van der Waals surface area contributed by atoms with Crippen LogP contribution >= 0.6 is 24.0 Å². The fraction of sp³-hybridized carbons (Fsp3) is 0.650. The van der Waals surface area contributed by atoms with E-state index in [1.54, 1.807) is 0 Å². The highest BCUT2D eigenvalue weighted by Crippen LogP contribution is 2.43. The SMILES string of the molecule is CN=C(NCCS(=O)Cc1ccccc1)N1CCC2(CCCCC2)C1.I. The number of rotatable bonds is 5. The molecule has 1 aliphatic carbocycles. The molecule has 1 N–H and O–H groups in total. The molecule has 1 atom stereocenters. The number of nitrogens with one attached hydrogen (secondary N) is 1. The minimum absolute atomic E-state index is 0. The predicted octanol–water partition coefficient (Wildman–Crippen LogP) is 3.78. The molecular weight excluding hydrogens is 457 g/mol. The number of halogens is 1. The summed E-state index contributed by atoms with van der Waals surface area (Å²) in [5.74, 6) is 2.28. The third-order valence-corrected chi connectivity index (χ3v) is 6.96. The Hall–Kier alpha value is -0.630. The lowest BCUT2D eigenvalue weighted by Crippen LogP contribution is -2.42. The first-order valence-corrected chi connectivity index (χ1v) is 11.0. The van der Waals surface area contributed by atoms with Crippen molar-refractivity contribution >= 4 is 40.7 Å². The Morgan fingerprint density at radius 1 is 1.19 bits per heavy atom. The highest BCUT2D eigenvalue weighted by molar-refractivity contribution is 14.0. The maximum absolute atomic E-state index is 12.3. The molecule has 3 rings (SSSR count). The van der Waals surface area contributed by atoms with Gasteiger partial charge in [-0.2, -0.15) is 0 Å². The quantitative estimate of drug-likeness (QED) is 0.389. The first kappa shape index (κ1) is 21.7. The predicted molar refractivity (Wildman–Crippen MR) is 122 cm³/mol. The second-order valence-electron chi connectivity index (χ2n) is 7.48. The summed E-state index contributed by atoms with van der Waals surface area (Å²) in [4.78, 5) is 6.87. The van der Waals surface area contributed by atoms with Crippen molar-refractivity contribution in [3.05, 3.63) is 35.9 Å². The molecule has 2 aliphatic rings. The van der Waals surface area contributed by atoms with E-state index < -0.39 is 10.8 Å². The standard InChI is InChI=1S/C20H31N3OS.HI/c1-21-19(23-14-12-20(17-23)10-6-3-7-11-20)22-13-15-25(24)16-18-8-4-2-5-9-18;/h2,4-5,8-9H,3,6-7,10-17H2,1H3,(H,21,22);1H. The normalized spacial score (nSPS) is 20.7. The Labute approximate surface area is 177 Å². The minimum atomic E-state index is -0.838. The van der Waals surface area contributed by atoms with Gasteiger partial charge in [0.05, 0.1) is 0 Å². The smallest absolute Gasteiger partial charge is 0.193 e. The number of likely N-dealkylation sites (tertiary alicyclic amines) is 1. The van der Waals surface area contributed by atoms with Crippen molar-refractivity contribution in [1.29, 1.82) is 0 Å². The van der Waals surface area contributed by atoms with Gasteiger partial charge in [0.1, 0.15) is 0 Å². The van der Waals surface area contributed by atoms with Gasteiger partial charge in [-0.05, 0) is 30.2 Å². The van der Waals surface area contributed by atoms with Crippen molar-refractivity contribution < 1.29 is 4.21 Å². The molecule has 1 saturated carbocycles. The molecule has 0 radical (unpaired) electrons. The van der Waals surface area contributed by atoms with Gasteiger partial charge < -0.3 is 10.2 Å². The molecular formula is C20H32IN3OS. The van der Waals surface area contributed by atoms with E-state index in [0.717, 1.165) is 31.2 Å². The summed E-state index contributed by atoms with van der Waals surface area (Å²) in [6.45, 7) is 2.96. The summed E-state index contributed by atoms with van der Waals surface area (Å²) < 4.78 is 12.3. The number of aliphatic imine (C=N–C) groups is 1. The number of hydrogen-bond donors (Lipinski definition) is 1. The molecule has 1 heterocycles. The molecule has 0 amide bonds. The van der Waals surface area contributed by atoms with Gasteiger partial charge in [-0.1, -0.05) is 49.6 Å². The highest BCUT2D eigenvalue weighted by atomic mass is 127. The van der Waals surface area contributed by atoms with Crippen LogP contribution in [0.25, 0.3) is 0 Å². The average Bonchev–Trinajstić information content (AvgIpc) is 3.03. The van der Waals surface area contributed by atoms with Crippen molar-refractivity contribution in [2.75, 3.05) is 32.4 Å². The van der Waals surface area contributed by atoms with Crippen LogP contribution in [0.3, 0.4) is 0 Å². The van der Waals surface area contributed by atoms with Crippen LogP contribution in [-0.2, 0) is 16.6 Å². The lowest BCUT2D eigenvalue weighted by molar-refractivity contribution is 0.203. The maximum atomic E-state index is 12.3. The molecule has 4 nitrogen and oxygen atoms in total. The zero-order valence-corrected chi connectivity index (χ0v) is 18.9. The Morgan fingerprint density at radius 2 is 1.92 bits per heavy atom. The molecule has 6 heteroatoms. The zero-order valence-electron chi connectivity index (χ0n) is 15.8. The monoisotopic (exact) mass is 489 g/mol. The van der Waals surface area contributed by atoms with Crippen LogP contribution in [0.4, 0.5) is 0 Å². The van der Waals surface area contributed by atoms with E-state index in [4.69, 9.17) is 0 Å². The minimum Gasteiger partial charge on any atom is -0.355 e. The van der Waals surface area contributed by atoms with Crippen LogP contribution in [0.5, 0.6) is 0 Å². The van der Waals surface area contributed by atoms with Gasteiger partial charge in [-0.3, -0.25) is 9.20 Å². The van der Waals surface area contributed by atoms with Gasteiger partial charge in [0, 0.05) is 49.0 Å². The lowest BCUT2D eigenvalue weighted by Gasteiger charge is -2.33. The second kappa shape index (κ2) is 10.6. The van der Waals surface area contributed by atoms with Gasteiger partial charge in [0.25, 0.3) is 0 Å². The second-order valence-corrected chi connectivity index (χ2v) is 9.06. The Kier molecular flexibility index (Phi) is 8.87. The number of guanidine groups is 1. The van der Waals surface area contributed by atoms with Gasteiger partial charge in [-0.25, -0.2) is 0 Å². The van der Waals surface area contributed by atoms with Crippen LogP contribution in [0.2, 0.25) is 0 Å². The summed E-state index contributed by atoms with van der Waals surface area (Å²) >= 11 is 0. The number of nitrogens with zero attached hydrogens (tertiary/aromatic N) is 2. The number of benzene rings is 1. The van der Waals surface area contributed by atoms with E-state index in [-0.39, 0.29) is 24.0 Å². The molecule has 1 aromatic rings. The summed E-state index contributed by atoms with van der Waals surface area (Å²) in [7, 11) is 1.02. The molecule has 1 aliphatic heterocycles. The number of hydrogen-bond acceptors (Lipinski definition) is 2. The summed E-state index contributed by atoms with van der Waals surface area (Å²) in [6, 6.07) is 10.1.